The smallest absolute Gasteiger partial charge is 0.356 e. The van der Waals surface area contributed by atoms with E-state index in [1.54, 1.807) is 0 Å². The Hall–Kier alpha value is -2.76. The van der Waals surface area contributed by atoms with Gasteiger partial charge in [0.15, 0.2) is 5.69 Å². The number of carbonyl (C=O) groups excluding carboxylic acids is 1. The van der Waals surface area contributed by atoms with Gasteiger partial charge < -0.3 is 10.4 Å². The Balaban J connectivity index is 1.98. The molecule has 0 saturated carbocycles. The van der Waals surface area contributed by atoms with Crippen LogP contribution in [0.3, 0.4) is 0 Å². The molecule has 0 aliphatic heterocycles. The van der Waals surface area contributed by atoms with Gasteiger partial charge in [-0.3, -0.25) is 4.79 Å². The van der Waals surface area contributed by atoms with Crippen molar-refractivity contribution in [1.29, 1.82) is 0 Å². The predicted molar refractivity (Wildman–Crippen MR) is 80.8 cm³/mol. The highest BCUT2D eigenvalue weighted by Crippen LogP contribution is 2.17. The lowest BCUT2D eigenvalue weighted by atomic mass is 9.96. The number of benzene rings is 1. The number of carboxylic acid groups (broad SMARTS) is 1. The summed E-state index contributed by atoms with van der Waals surface area (Å²) in [5, 5.41) is 11.6. The van der Waals surface area contributed by atoms with Gasteiger partial charge in [0.2, 0.25) is 0 Å². The van der Waals surface area contributed by atoms with Crippen LogP contribution < -0.4 is 5.32 Å². The summed E-state index contributed by atoms with van der Waals surface area (Å²) in [6.45, 7) is 2.55. The van der Waals surface area contributed by atoms with Gasteiger partial charge in [0.1, 0.15) is 5.69 Å². The van der Waals surface area contributed by atoms with Gasteiger partial charge in [-0.2, -0.15) is 0 Å². The van der Waals surface area contributed by atoms with Crippen LogP contribution in [-0.4, -0.2) is 33.5 Å². The molecule has 1 heterocycles. The molecule has 0 radical (unpaired) electrons. The van der Waals surface area contributed by atoms with E-state index in [1.165, 1.54) is 6.20 Å². The average Bonchev–Trinajstić information content (AvgIpc) is 2.56. The van der Waals surface area contributed by atoms with Crippen LogP contribution in [0.4, 0.5) is 0 Å². The summed E-state index contributed by atoms with van der Waals surface area (Å²) < 4.78 is 0. The van der Waals surface area contributed by atoms with E-state index in [-0.39, 0.29) is 23.2 Å². The molecule has 0 fully saturated rings. The van der Waals surface area contributed by atoms with Gasteiger partial charge in [0, 0.05) is 12.5 Å². The van der Waals surface area contributed by atoms with Gasteiger partial charge in [-0.15, -0.1) is 0 Å². The predicted octanol–water partition coefficient (Wildman–Crippen LogP) is 2.10. The highest BCUT2D eigenvalue weighted by atomic mass is 16.4. The van der Waals surface area contributed by atoms with Gasteiger partial charge in [0.25, 0.3) is 5.91 Å². The molecule has 1 amide bonds. The summed E-state index contributed by atoms with van der Waals surface area (Å²) in [5.74, 6) is -1.31. The van der Waals surface area contributed by atoms with Gasteiger partial charge in [-0.25, -0.2) is 14.8 Å². The minimum Gasteiger partial charge on any atom is -0.476 e. The Kier molecular flexibility index (Phi) is 5.19. The molecule has 6 nitrogen and oxygen atoms in total. The van der Waals surface area contributed by atoms with Crippen LogP contribution in [0.2, 0.25) is 0 Å². The molecule has 1 aromatic carbocycles. The van der Waals surface area contributed by atoms with Crippen LogP contribution in [-0.2, 0) is 0 Å². The van der Waals surface area contributed by atoms with E-state index in [4.69, 9.17) is 5.11 Å². The third kappa shape index (κ3) is 3.88. The molecule has 0 saturated heterocycles. The number of amides is 1. The molecule has 2 N–H and O–H groups in total. The molecule has 1 aromatic heterocycles. The third-order valence-electron chi connectivity index (χ3n) is 3.38. The molecule has 1 unspecified atom stereocenters. The van der Waals surface area contributed by atoms with Crippen molar-refractivity contribution in [2.75, 3.05) is 6.54 Å². The Morgan fingerprint density at radius 3 is 2.32 bits per heavy atom. The van der Waals surface area contributed by atoms with Crippen LogP contribution in [0.15, 0.2) is 42.7 Å². The highest BCUT2D eigenvalue weighted by Gasteiger charge is 2.14. The second-order valence-electron chi connectivity index (χ2n) is 4.82. The molecular weight excluding hydrogens is 282 g/mol. The zero-order valence-electron chi connectivity index (χ0n) is 12.2. The number of aromatic carboxylic acids is 1. The van der Waals surface area contributed by atoms with Gasteiger partial charge in [-0.05, 0) is 12.0 Å². The summed E-state index contributed by atoms with van der Waals surface area (Å²) in [6, 6.07) is 9.95. The fraction of sp³-hybridized carbons (Fsp3) is 0.250. The number of aromatic nitrogens is 2. The zero-order valence-corrected chi connectivity index (χ0v) is 12.2. The SMILES string of the molecule is CCC(CNC(=O)c1cnc(C(=O)O)cn1)c1ccccc1. The fourth-order valence-corrected chi connectivity index (χ4v) is 2.09. The molecule has 0 aliphatic rings. The van der Waals surface area contributed by atoms with E-state index in [9.17, 15) is 9.59 Å². The van der Waals surface area contributed by atoms with E-state index in [1.807, 2.05) is 30.3 Å². The molecule has 114 valence electrons. The summed E-state index contributed by atoms with van der Waals surface area (Å²) in [5.41, 5.74) is 1.08. The van der Waals surface area contributed by atoms with Crippen LogP contribution in [0.25, 0.3) is 0 Å². The van der Waals surface area contributed by atoms with Crippen molar-refractivity contribution >= 4 is 11.9 Å². The van der Waals surface area contributed by atoms with Crippen LogP contribution >= 0.6 is 0 Å². The summed E-state index contributed by atoms with van der Waals surface area (Å²) in [6.07, 6.45) is 3.14. The molecule has 2 rings (SSSR count). The molecule has 22 heavy (non-hydrogen) atoms. The number of carboxylic acids is 1. The van der Waals surface area contributed by atoms with E-state index in [0.717, 1.165) is 18.2 Å². The second-order valence-corrected chi connectivity index (χ2v) is 4.82. The van der Waals surface area contributed by atoms with Crippen LogP contribution in [0.5, 0.6) is 0 Å². The molecule has 0 bridgehead atoms. The molecule has 0 aliphatic carbocycles. The van der Waals surface area contributed by atoms with Gasteiger partial charge in [0.05, 0.1) is 12.4 Å². The first-order valence-corrected chi connectivity index (χ1v) is 7.00. The molecule has 6 heteroatoms. The number of carbonyl (C=O) groups is 2. The monoisotopic (exact) mass is 299 g/mol. The topological polar surface area (TPSA) is 92.2 Å². The standard InChI is InChI=1S/C16H17N3O3/c1-2-11(12-6-4-3-5-7-12)8-19-15(20)13-9-18-14(10-17-13)16(21)22/h3-7,9-11H,2,8H2,1H3,(H,19,20)(H,21,22). The maximum absolute atomic E-state index is 12.0. The Bertz CT molecular complexity index is 641. The van der Waals surface area contributed by atoms with Gasteiger partial charge >= 0.3 is 5.97 Å². The molecule has 1 atom stereocenters. The van der Waals surface area contributed by atoms with Crippen molar-refractivity contribution in [3.8, 4) is 0 Å². The van der Waals surface area contributed by atoms with Crippen molar-refractivity contribution in [3.63, 3.8) is 0 Å². The Morgan fingerprint density at radius 2 is 1.77 bits per heavy atom. The minimum absolute atomic E-state index is 0.105. The van der Waals surface area contributed by atoms with E-state index in [0.29, 0.717) is 6.54 Å². The first-order chi connectivity index (χ1) is 10.6. The van der Waals surface area contributed by atoms with Crippen molar-refractivity contribution in [2.24, 2.45) is 0 Å². The number of rotatable bonds is 6. The third-order valence-corrected chi connectivity index (χ3v) is 3.38. The molecule has 2 aromatic rings. The summed E-state index contributed by atoms with van der Waals surface area (Å²) >= 11 is 0. The maximum atomic E-state index is 12.0. The largest absolute Gasteiger partial charge is 0.476 e. The van der Waals surface area contributed by atoms with Gasteiger partial charge in [-0.1, -0.05) is 37.3 Å². The molecule has 0 spiro atoms. The lowest BCUT2D eigenvalue weighted by Gasteiger charge is -2.16. The number of hydrogen-bond donors (Lipinski definition) is 2. The molecular formula is C16H17N3O3. The van der Waals surface area contributed by atoms with Crippen molar-refractivity contribution in [1.82, 2.24) is 15.3 Å². The van der Waals surface area contributed by atoms with Crippen LogP contribution in [0.1, 0.15) is 45.8 Å². The van der Waals surface area contributed by atoms with E-state index >= 15 is 0 Å². The Labute approximate surface area is 128 Å². The van der Waals surface area contributed by atoms with Crippen molar-refractivity contribution in [2.45, 2.75) is 19.3 Å². The average molecular weight is 299 g/mol. The first-order valence-electron chi connectivity index (χ1n) is 7.00. The zero-order chi connectivity index (χ0) is 15.9. The second kappa shape index (κ2) is 7.31. The maximum Gasteiger partial charge on any atom is 0.356 e. The van der Waals surface area contributed by atoms with Crippen LogP contribution in [0, 0.1) is 0 Å². The lowest BCUT2D eigenvalue weighted by Crippen LogP contribution is -2.29. The van der Waals surface area contributed by atoms with E-state index in [2.05, 4.69) is 22.2 Å². The minimum atomic E-state index is -1.17. The summed E-state index contributed by atoms with van der Waals surface area (Å²) in [7, 11) is 0. The highest BCUT2D eigenvalue weighted by molar-refractivity contribution is 5.92. The quantitative estimate of drug-likeness (QED) is 0.852. The number of nitrogens with one attached hydrogen (secondary N) is 1. The summed E-state index contributed by atoms with van der Waals surface area (Å²) in [4.78, 5) is 30.2. The fourth-order valence-electron chi connectivity index (χ4n) is 2.09. The Morgan fingerprint density at radius 1 is 1.14 bits per heavy atom. The van der Waals surface area contributed by atoms with Crippen molar-refractivity contribution < 1.29 is 14.7 Å². The normalized spacial score (nSPS) is 11.7. The van der Waals surface area contributed by atoms with Crippen molar-refractivity contribution in [3.05, 3.63) is 59.7 Å². The lowest BCUT2D eigenvalue weighted by molar-refractivity contribution is 0.0689. The number of hydrogen-bond acceptors (Lipinski definition) is 4. The van der Waals surface area contributed by atoms with E-state index < -0.39 is 5.97 Å². The number of nitrogens with zero attached hydrogens (tertiary/aromatic N) is 2. The first kappa shape index (κ1) is 15.6.